The summed E-state index contributed by atoms with van der Waals surface area (Å²) < 4.78 is 32.7. The van der Waals surface area contributed by atoms with Gasteiger partial charge in [0.15, 0.2) is 11.6 Å². The van der Waals surface area contributed by atoms with E-state index in [-0.39, 0.29) is 17.9 Å². The summed E-state index contributed by atoms with van der Waals surface area (Å²) in [6.07, 6.45) is 2.19. The fourth-order valence-electron chi connectivity index (χ4n) is 2.83. The van der Waals surface area contributed by atoms with Crippen molar-refractivity contribution in [2.45, 2.75) is 31.4 Å². The third-order valence-electron chi connectivity index (χ3n) is 3.94. The molecule has 1 aliphatic carbocycles. The van der Waals surface area contributed by atoms with Crippen LogP contribution in [0.4, 0.5) is 8.78 Å². The Hall–Kier alpha value is -1.94. The molecular weight excluding hydrogens is 272 g/mol. The fraction of sp³-hybridized carbons (Fsp3) is 0.294. The minimum atomic E-state index is -0.956. The second-order valence-corrected chi connectivity index (χ2v) is 5.33. The van der Waals surface area contributed by atoms with Crippen molar-refractivity contribution in [3.8, 4) is 5.75 Å². The van der Waals surface area contributed by atoms with Gasteiger partial charge < -0.3 is 10.5 Å². The van der Waals surface area contributed by atoms with Gasteiger partial charge in [0.25, 0.3) is 0 Å². The van der Waals surface area contributed by atoms with Crippen molar-refractivity contribution in [2.75, 3.05) is 0 Å². The van der Waals surface area contributed by atoms with Gasteiger partial charge in [-0.3, -0.25) is 0 Å². The Kier molecular flexibility index (Phi) is 3.88. The number of fused-ring (bicyclic) bond motifs is 1. The molecule has 0 fully saturated rings. The second kappa shape index (κ2) is 5.82. The largest absolute Gasteiger partial charge is 0.485 e. The van der Waals surface area contributed by atoms with Gasteiger partial charge in [0.1, 0.15) is 6.10 Å². The molecule has 110 valence electrons. The van der Waals surface area contributed by atoms with Crippen LogP contribution >= 0.6 is 0 Å². The summed E-state index contributed by atoms with van der Waals surface area (Å²) in [4.78, 5) is 0. The molecule has 2 nitrogen and oxygen atoms in total. The zero-order chi connectivity index (χ0) is 14.8. The maximum absolute atomic E-state index is 13.7. The van der Waals surface area contributed by atoms with Gasteiger partial charge in [-0.2, -0.15) is 4.39 Å². The van der Waals surface area contributed by atoms with E-state index in [4.69, 9.17) is 10.5 Å². The zero-order valence-corrected chi connectivity index (χ0v) is 11.6. The first-order chi connectivity index (χ1) is 10.2. The van der Waals surface area contributed by atoms with E-state index in [1.165, 1.54) is 17.7 Å². The van der Waals surface area contributed by atoms with E-state index in [1.54, 1.807) is 0 Å². The summed E-state index contributed by atoms with van der Waals surface area (Å²) in [5, 5.41) is 0. The van der Waals surface area contributed by atoms with Crippen LogP contribution in [0.1, 0.15) is 30.0 Å². The normalized spacial score (nSPS) is 21.5. The molecule has 0 aromatic heterocycles. The molecule has 3 rings (SSSR count). The molecule has 21 heavy (non-hydrogen) atoms. The Bertz CT molecular complexity index is 644. The molecule has 0 amide bonds. The number of halogens is 2. The number of rotatable bonds is 2. The number of hydrogen-bond donors (Lipinski definition) is 1. The van der Waals surface area contributed by atoms with Gasteiger partial charge in [-0.25, -0.2) is 4.39 Å². The Labute approximate surface area is 122 Å². The van der Waals surface area contributed by atoms with Crippen LogP contribution in [-0.4, -0.2) is 6.10 Å². The third-order valence-corrected chi connectivity index (χ3v) is 3.94. The highest BCUT2D eigenvalue weighted by Crippen LogP contribution is 2.31. The highest BCUT2D eigenvalue weighted by Gasteiger charge is 2.27. The number of ether oxygens (including phenoxy) is 1. The lowest BCUT2D eigenvalue weighted by Crippen LogP contribution is -2.31. The van der Waals surface area contributed by atoms with E-state index in [2.05, 4.69) is 6.07 Å². The van der Waals surface area contributed by atoms with Crippen LogP contribution in [0, 0.1) is 11.6 Å². The van der Waals surface area contributed by atoms with Crippen LogP contribution in [-0.2, 0) is 6.42 Å². The summed E-state index contributed by atoms with van der Waals surface area (Å²) in [6.45, 7) is 0. The second-order valence-electron chi connectivity index (χ2n) is 5.33. The Morgan fingerprint density at radius 3 is 2.71 bits per heavy atom. The fourth-order valence-corrected chi connectivity index (χ4v) is 2.83. The molecule has 0 aliphatic heterocycles. The first-order valence-corrected chi connectivity index (χ1v) is 7.11. The Morgan fingerprint density at radius 1 is 1.05 bits per heavy atom. The molecule has 2 N–H and O–H groups in total. The summed E-state index contributed by atoms with van der Waals surface area (Å²) >= 11 is 0. The van der Waals surface area contributed by atoms with Crippen molar-refractivity contribution < 1.29 is 13.5 Å². The quantitative estimate of drug-likeness (QED) is 0.855. The lowest BCUT2D eigenvalue weighted by molar-refractivity contribution is 0.154. The molecule has 4 heteroatoms. The van der Waals surface area contributed by atoms with Crippen LogP contribution in [0.15, 0.2) is 42.5 Å². The van der Waals surface area contributed by atoms with Gasteiger partial charge in [-0.15, -0.1) is 0 Å². The van der Waals surface area contributed by atoms with Gasteiger partial charge in [0.2, 0.25) is 5.82 Å². The first kappa shape index (κ1) is 14.0. The molecule has 0 radical (unpaired) electrons. The van der Waals surface area contributed by atoms with Crippen LogP contribution in [0.25, 0.3) is 0 Å². The molecule has 0 saturated heterocycles. The van der Waals surface area contributed by atoms with E-state index in [1.807, 2.05) is 18.2 Å². The third kappa shape index (κ3) is 2.76. The van der Waals surface area contributed by atoms with E-state index in [0.29, 0.717) is 6.42 Å². The SMILES string of the molecule is NC1c2ccccc2CCCC1Oc1cccc(F)c1F. The molecule has 0 heterocycles. The van der Waals surface area contributed by atoms with Crippen molar-refractivity contribution in [1.82, 2.24) is 0 Å². The monoisotopic (exact) mass is 289 g/mol. The number of benzene rings is 2. The van der Waals surface area contributed by atoms with Gasteiger partial charge in [-0.05, 0) is 42.5 Å². The number of nitrogens with two attached hydrogens (primary N) is 1. The summed E-state index contributed by atoms with van der Waals surface area (Å²) in [5.41, 5.74) is 8.51. The molecule has 0 spiro atoms. The van der Waals surface area contributed by atoms with Crippen LogP contribution in [0.3, 0.4) is 0 Å². The lowest BCUT2D eigenvalue weighted by atomic mass is 9.98. The van der Waals surface area contributed by atoms with Gasteiger partial charge in [0.05, 0.1) is 6.04 Å². The smallest absolute Gasteiger partial charge is 0.200 e. The van der Waals surface area contributed by atoms with Crippen LogP contribution in [0.5, 0.6) is 5.75 Å². The molecule has 2 aromatic rings. The summed E-state index contributed by atoms with van der Waals surface area (Å²) in [7, 11) is 0. The average molecular weight is 289 g/mol. The van der Waals surface area contributed by atoms with Crippen molar-refractivity contribution in [3.05, 3.63) is 65.2 Å². The molecule has 2 atom stereocenters. The van der Waals surface area contributed by atoms with Crippen molar-refractivity contribution in [1.29, 1.82) is 0 Å². The molecule has 2 aromatic carbocycles. The number of hydrogen-bond acceptors (Lipinski definition) is 2. The summed E-state index contributed by atoms with van der Waals surface area (Å²) in [5.74, 6) is -1.94. The maximum Gasteiger partial charge on any atom is 0.200 e. The van der Waals surface area contributed by atoms with Crippen molar-refractivity contribution >= 4 is 0 Å². The highest BCUT2D eigenvalue weighted by molar-refractivity contribution is 5.33. The number of aryl methyl sites for hydroxylation is 1. The zero-order valence-electron chi connectivity index (χ0n) is 11.6. The van der Waals surface area contributed by atoms with E-state index >= 15 is 0 Å². The predicted octanol–water partition coefficient (Wildman–Crippen LogP) is 3.75. The molecule has 1 aliphatic rings. The molecule has 0 bridgehead atoms. The molecule has 0 saturated carbocycles. The van der Waals surface area contributed by atoms with E-state index < -0.39 is 11.6 Å². The molecular formula is C17H17F2NO. The standard InChI is InChI=1S/C17H17F2NO/c18-13-8-4-9-14(16(13)19)21-15-10-3-6-11-5-1-2-7-12(11)17(15)20/h1-2,4-5,7-9,15,17H,3,6,10,20H2. The molecule has 2 unspecified atom stereocenters. The summed E-state index contributed by atoms with van der Waals surface area (Å²) in [6, 6.07) is 11.6. The minimum absolute atomic E-state index is 0.0742. The van der Waals surface area contributed by atoms with Gasteiger partial charge in [-0.1, -0.05) is 30.3 Å². The minimum Gasteiger partial charge on any atom is -0.485 e. The average Bonchev–Trinajstić information content (AvgIpc) is 2.65. The first-order valence-electron chi connectivity index (χ1n) is 7.11. The van der Waals surface area contributed by atoms with Crippen molar-refractivity contribution in [2.24, 2.45) is 5.73 Å². The van der Waals surface area contributed by atoms with E-state index in [0.717, 1.165) is 24.5 Å². The van der Waals surface area contributed by atoms with Gasteiger partial charge in [0, 0.05) is 0 Å². The highest BCUT2D eigenvalue weighted by atomic mass is 19.2. The van der Waals surface area contributed by atoms with E-state index in [9.17, 15) is 8.78 Å². The lowest BCUT2D eigenvalue weighted by Gasteiger charge is -2.24. The maximum atomic E-state index is 13.7. The Balaban J connectivity index is 1.88. The van der Waals surface area contributed by atoms with Gasteiger partial charge >= 0.3 is 0 Å². The van der Waals surface area contributed by atoms with Crippen LogP contribution < -0.4 is 10.5 Å². The van der Waals surface area contributed by atoms with Crippen LogP contribution in [0.2, 0.25) is 0 Å². The predicted molar refractivity (Wildman–Crippen MR) is 77.1 cm³/mol. The topological polar surface area (TPSA) is 35.2 Å². The Morgan fingerprint density at radius 2 is 1.86 bits per heavy atom. The van der Waals surface area contributed by atoms with Crippen molar-refractivity contribution in [3.63, 3.8) is 0 Å².